The van der Waals surface area contributed by atoms with Crippen molar-refractivity contribution in [3.8, 4) is 0 Å². The Balaban J connectivity index is 1.39. The van der Waals surface area contributed by atoms with Crippen molar-refractivity contribution in [1.82, 2.24) is 10.8 Å². The van der Waals surface area contributed by atoms with Crippen LogP contribution < -0.4 is 10.8 Å². The molecule has 10 heteroatoms. The second kappa shape index (κ2) is 9.04. The molecule has 0 radical (unpaired) electrons. The van der Waals surface area contributed by atoms with Crippen LogP contribution in [0.25, 0.3) is 11.0 Å². The number of fused-ring (bicyclic) bond motifs is 1. The highest BCUT2D eigenvalue weighted by Gasteiger charge is 2.41. The van der Waals surface area contributed by atoms with Crippen molar-refractivity contribution in [1.29, 1.82) is 0 Å². The van der Waals surface area contributed by atoms with Crippen LogP contribution in [0.5, 0.6) is 0 Å². The van der Waals surface area contributed by atoms with Gasteiger partial charge in [-0.2, -0.15) is 18.7 Å². The molecule has 158 valence electrons. The first-order chi connectivity index (χ1) is 13.7. The number of carbonyl (C=O) groups is 2. The van der Waals surface area contributed by atoms with Crippen LogP contribution in [0.3, 0.4) is 0 Å². The Bertz CT molecular complexity index is 876. The number of hydrogen-bond acceptors (Lipinski definition) is 5. The summed E-state index contributed by atoms with van der Waals surface area (Å²) in [4.78, 5) is 27.0. The highest BCUT2D eigenvalue weighted by molar-refractivity contribution is 6.31. The molecule has 29 heavy (non-hydrogen) atoms. The molecule has 2 aromatic rings. The number of alkyl halides is 3. The van der Waals surface area contributed by atoms with Crippen molar-refractivity contribution >= 4 is 34.4 Å². The lowest BCUT2D eigenvalue weighted by molar-refractivity contribution is -0.207. The molecule has 1 aromatic heterocycles. The van der Waals surface area contributed by atoms with Crippen LogP contribution in [-0.2, 0) is 21.0 Å². The van der Waals surface area contributed by atoms with Crippen molar-refractivity contribution in [2.75, 3.05) is 6.54 Å². The largest absolute Gasteiger partial charge is 0.492 e. The minimum absolute atomic E-state index is 0.0419. The van der Waals surface area contributed by atoms with Crippen molar-refractivity contribution in [2.45, 2.75) is 38.4 Å². The molecule has 1 amide bonds. The fourth-order valence-corrected chi connectivity index (χ4v) is 3.57. The summed E-state index contributed by atoms with van der Waals surface area (Å²) < 4.78 is 41.8. The molecule has 0 aliphatic heterocycles. The molecule has 1 aliphatic carbocycles. The average Bonchev–Trinajstić information content (AvgIpc) is 3.07. The van der Waals surface area contributed by atoms with Gasteiger partial charge in [0.2, 0.25) is 5.91 Å². The van der Waals surface area contributed by atoms with Crippen molar-refractivity contribution in [2.24, 2.45) is 11.8 Å². The van der Waals surface area contributed by atoms with Gasteiger partial charge in [-0.25, -0.2) is 4.79 Å². The Morgan fingerprint density at radius 2 is 1.90 bits per heavy atom. The van der Waals surface area contributed by atoms with Crippen LogP contribution in [0.2, 0.25) is 5.02 Å². The Morgan fingerprint density at radius 1 is 1.17 bits per heavy atom. The number of rotatable bonds is 6. The molecule has 3 rings (SSSR count). The van der Waals surface area contributed by atoms with Crippen LogP contribution in [0.15, 0.2) is 28.7 Å². The highest BCUT2D eigenvalue weighted by Crippen LogP contribution is 2.29. The minimum Gasteiger partial charge on any atom is -0.459 e. The van der Waals surface area contributed by atoms with Gasteiger partial charge in [0.05, 0.1) is 6.54 Å². The molecule has 0 saturated heterocycles. The number of furan rings is 1. The Labute approximate surface area is 169 Å². The fourth-order valence-electron chi connectivity index (χ4n) is 3.39. The first-order valence-corrected chi connectivity index (χ1v) is 9.56. The van der Waals surface area contributed by atoms with Crippen LogP contribution in [0.4, 0.5) is 13.2 Å². The molecule has 0 atom stereocenters. The second-order valence-corrected chi connectivity index (χ2v) is 7.50. The summed E-state index contributed by atoms with van der Waals surface area (Å²) in [7, 11) is 0. The van der Waals surface area contributed by atoms with E-state index in [4.69, 9.17) is 16.0 Å². The molecule has 1 heterocycles. The lowest BCUT2D eigenvalue weighted by Gasteiger charge is -2.27. The van der Waals surface area contributed by atoms with Gasteiger partial charge in [-0.3, -0.25) is 4.79 Å². The summed E-state index contributed by atoms with van der Waals surface area (Å²) >= 11 is 5.95. The second-order valence-electron chi connectivity index (χ2n) is 7.07. The van der Waals surface area contributed by atoms with Crippen molar-refractivity contribution in [3.05, 3.63) is 35.0 Å². The molecule has 0 unspecified atom stereocenters. The number of carbonyl (C=O) groups excluding carboxylic acids is 2. The van der Waals surface area contributed by atoms with E-state index in [9.17, 15) is 22.8 Å². The molecule has 1 saturated carbocycles. The number of nitrogens with one attached hydrogen (secondary N) is 2. The van der Waals surface area contributed by atoms with Crippen LogP contribution in [-0.4, -0.2) is 24.6 Å². The summed E-state index contributed by atoms with van der Waals surface area (Å²) in [5.41, 5.74) is 2.77. The van der Waals surface area contributed by atoms with Gasteiger partial charge < -0.3 is 14.6 Å². The van der Waals surface area contributed by atoms with E-state index >= 15 is 0 Å². The van der Waals surface area contributed by atoms with E-state index < -0.39 is 12.1 Å². The van der Waals surface area contributed by atoms with Gasteiger partial charge in [0.1, 0.15) is 11.3 Å². The summed E-state index contributed by atoms with van der Waals surface area (Å²) in [5, 5.41) is 4.33. The van der Waals surface area contributed by atoms with Crippen LogP contribution in [0.1, 0.15) is 31.4 Å². The quantitative estimate of drug-likeness (QED) is 0.671. The molecule has 0 spiro atoms. The number of halogens is 4. The van der Waals surface area contributed by atoms with Gasteiger partial charge in [-0.05, 0) is 55.9 Å². The fraction of sp³-hybridized carbons (Fsp3) is 0.474. The smallest absolute Gasteiger partial charge is 0.459 e. The van der Waals surface area contributed by atoms with E-state index in [0.29, 0.717) is 42.0 Å². The molecule has 2 N–H and O–H groups in total. The normalized spacial score (nSPS) is 19.9. The molecule has 6 nitrogen and oxygen atoms in total. The maximum absolute atomic E-state index is 12.4. The van der Waals surface area contributed by atoms with E-state index in [0.717, 1.165) is 5.39 Å². The third-order valence-electron chi connectivity index (χ3n) is 4.95. The molecule has 1 aromatic carbocycles. The predicted molar refractivity (Wildman–Crippen MR) is 98.7 cm³/mol. The summed E-state index contributed by atoms with van der Waals surface area (Å²) in [6.45, 7) is 0.387. The van der Waals surface area contributed by atoms with Gasteiger partial charge in [-0.1, -0.05) is 11.6 Å². The van der Waals surface area contributed by atoms with E-state index in [-0.39, 0.29) is 30.8 Å². The molecule has 0 bridgehead atoms. The third kappa shape index (κ3) is 5.86. The Morgan fingerprint density at radius 3 is 2.59 bits per heavy atom. The lowest BCUT2D eigenvalue weighted by atomic mass is 9.81. The zero-order chi connectivity index (χ0) is 21.0. The molecule has 1 aliphatic rings. The van der Waals surface area contributed by atoms with Gasteiger partial charge in [0.25, 0.3) is 0 Å². The van der Waals surface area contributed by atoms with E-state index in [1.807, 2.05) is 6.07 Å². The zero-order valence-electron chi connectivity index (χ0n) is 15.4. The maximum Gasteiger partial charge on any atom is 0.492 e. The number of benzene rings is 1. The standard InChI is InChI=1S/C19H20ClF3N2O4/c20-14-5-6-16-13(7-14)8-15(28-16)10-24-17(26)12-3-1-11(2-4-12)9-25-29-18(27)19(21,22)23/h5-8,11-12,25H,1-4,9-10H2,(H,24,26). The number of hydroxylamine groups is 1. The Hall–Kier alpha value is -2.26. The van der Waals surface area contributed by atoms with Crippen LogP contribution in [0, 0.1) is 11.8 Å². The molecular weight excluding hydrogens is 413 g/mol. The first-order valence-electron chi connectivity index (χ1n) is 9.19. The van der Waals surface area contributed by atoms with Gasteiger partial charge >= 0.3 is 12.1 Å². The zero-order valence-corrected chi connectivity index (χ0v) is 16.1. The van der Waals surface area contributed by atoms with E-state index in [2.05, 4.69) is 15.6 Å². The summed E-state index contributed by atoms with van der Waals surface area (Å²) in [5.74, 6) is -1.85. The summed E-state index contributed by atoms with van der Waals surface area (Å²) in [6, 6.07) is 7.11. The monoisotopic (exact) mass is 432 g/mol. The van der Waals surface area contributed by atoms with E-state index in [1.54, 1.807) is 18.2 Å². The first kappa shape index (κ1) is 21.4. The lowest BCUT2D eigenvalue weighted by Crippen LogP contribution is -2.36. The topological polar surface area (TPSA) is 80.6 Å². The van der Waals surface area contributed by atoms with Gasteiger partial charge in [-0.15, -0.1) is 0 Å². The molecular formula is C19H20ClF3N2O4. The third-order valence-corrected chi connectivity index (χ3v) is 5.19. The van der Waals surface area contributed by atoms with Gasteiger partial charge in [0, 0.05) is 22.9 Å². The number of hydrogen-bond donors (Lipinski definition) is 2. The average molecular weight is 433 g/mol. The van der Waals surface area contributed by atoms with Gasteiger partial charge in [0.15, 0.2) is 0 Å². The SMILES string of the molecule is O=C(NCc1cc2cc(Cl)ccc2o1)C1CCC(CNOC(=O)C(F)(F)F)CC1. The summed E-state index contributed by atoms with van der Waals surface area (Å²) in [6.07, 6.45) is -2.49. The molecule has 1 fully saturated rings. The number of amides is 1. The predicted octanol–water partition coefficient (Wildman–Crippen LogP) is 4.12. The highest BCUT2D eigenvalue weighted by atomic mass is 35.5. The van der Waals surface area contributed by atoms with E-state index in [1.165, 1.54) is 0 Å². The minimum atomic E-state index is -5.02. The van der Waals surface area contributed by atoms with Crippen molar-refractivity contribution in [3.63, 3.8) is 0 Å². The Kier molecular flexibility index (Phi) is 6.69. The van der Waals surface area contributed by atoms with Crippen LogP contribution >= 0.6 is 11.6 Å². The maximum atomic E-state index is 12.4. The van der Waals surface area contributed by atoms with Crippen molar-refractivity contribution < 1.29 is 32.0 Å².